The summed E-state index contributed by atoms with van der Waals surface area (Å²) in [6, 6.07) is 12.3. The SMILES string of the molecule is NC(=O)CSc1nnc(SC(c2ccc(F)cc2)c2ccc(F)cc2)s1. The van der Waals surface area contributed by atoms with Crippen molar-refractivity contribution in [1.82, 2.24) is 10.2 Å². The van der Waals surface area contributed by atoms with Crippen LogP contribution in [0.3, 0.4) is 0 Å². The van der Waals surface area contributed by atoms with Crippen molar-refractivity contribution in [2.45, 2.75) is 13.9 Å². The van der Waals surface area contributed by atoms with Gasteiger partial charge in [-0.05, 0) is 35.4 Å². The van der Waals surface area contributed by atoms with Crippen LogP contribution in [0.2, 0.25) is 0 Å². The Kier molecular flexibility index (Phi) is 6.23. The maximum Gasteiger partial charge on any atom is 0.227 e. The molecule has 2 aromatic carbocycles. The van der Waals surface area contributed by atoms with Gasteiger partial charge in [0.05, 0.1) is 11.0 Å². The zero-order valence-electron chi connectivity index (χ0n) is 13.3. The van der Waals surface area contributed by atoms with E-state index in [1.165, 1.54) is 59.1 Å². The highest BCUT2D eigenvalue weighted by Crippen LogP contribution is 2.42. The molecule has 0 saturated heterocycles. The first-order valence-corrected chi connectivity index (χ1v) is 10.1. The molecule has 3 aromatic rings. The van der Waals surface area contributed by atoms with E-state index < -0.39 is 5.91 Å². The Morgan fingerprint density at radius 3 is 1.96 bits per heavy atom. The third-order valence-electron chi connectivity index (χ3n) is 3.29. The van der Waals surface area contributed by atoms with Gasteiger partial charge in [0.1, 0.15) is 11.6 Å². The molecule has 26 heavy (non-hydrogen) atoms. The molecule has 0 saturated carbocycles. The number of benzene rings is 2. The Bertz CT molecular complexity index is 840. The second-order valence-corrected chi connectivity index (χ2v) is 8.74. The van der Waals surface area contributed by atoms with Crippen LogP contribution in [0.1, 0.15) is 16.4 Å². The number of carbonyl (C=O) groups is 1. The van der Waals surface area contributed by atoms with Gasteiger partial charge in [0.15, 0.2) is 8.68 Å². The first kappa shape index (κ1) is 18.8. The van der Waals surface area contributed by atoms with Crippen LogP contribution in [0.25, 0.3) is 0 Å². The van der Waals surface area contributed by atoms with Crippen LogP contribution in [0, 0.1) is 11.6 Å². The molecule has 9 heteroatoms. The number of hydrogen-bond donors (Lipinski definition) is 1. The van der Waals surface area contributed by atoms with E-state index in [0.29, 0.717) is 8.68 Å². The molecule has 1 aromatic heterocycles. The summed E-state index contributed by atoms with van der Waals surface area (Å²) in [6.45, 7) is 0. The maximum atomic E-state index is 13.3. The Hall–Kier alpha value is -1.97. The van der Waals surface area contributed by atoms with E-state index in [4.69, 9.17) is 5.73 Å². The average molecular weight is 410 g/mol. The number of primary amides is 1. The smallest absolute Gasteiger partial charge is 0.227 e. The van der Waals surface area contributed by atoms with Gasteiger partial charge in [0, 0.05) is 0 Å². The van der Waals surface area contributed by atoms with Gasteiger partial charge < -0.3 is 5.73 Å². The van der Waals surface area contributed by atoms with Crippen LogP contribution in [0.4, 0.5) is 8.78 Å². The molecule has 4 nitrogen and oxygen atoms in total. The summed E-state index contributed by atoms with van der Waals surface area (Å²) in [4.78, 5) is 10.9. The lowest BCUT2D eigenvalue weighted by Gasteiger charge is -2.16. The largest absolute Gasteiger partial charge is 0.369 e. The van der Waals surface area contributed by atoms with Crippen molar-refractivity contribution in [3.05, 3.63) is 71.3 Å². The molecule has 0 unspecified atom stereocenters. The van der Waals surface area contributed by atoms with E-state index in [2.05, 4.69) is 10.2 Å². The highest BCUT2D eigenvalue weighted by Gasteiger charge is 2.19. The fourth-order valence-corrected chi connectivity index (χ4v) is 5.22. The minimum absolute atomic E-state index is 0.138. The number of hydrogen-bond acceptors (Lipinski definition) is 6. The lowest BCUT2D eigenvalue weighted by molar-refractivity contribution is -0.115. The van der Waals surface area contributed by atoms with Crippen molar-refractivity contribution in [1.29, 1.82) is 0 Å². The first-order valence-electron chi connectivity index (χ1n) is 7.43. The molecule has 0 aliphatic rings. The van der Waals surface area contributed by atoms with E-state index in [1.54, 1.807) is 24.3 Å². The van der Waals surface area contributed by atoms with Crippen molar-refractivity contribution >= 4 is 40.8 Å². The molecule has 2 N–H and O–H groups in total. The number of nitrogens with zero attached hydrogens (tertiary/aromatic N) is 2. The summed E-state index contributed by atoms with van der Waals surface area (Å²) in [5.41, 5.74) is 6.87. The maximum absolute atomic E-state index is 13.3. The summed E-state index contributed by atoms with van der Waals surface area (Å²) >= 11 is 4.01. The summed E-state index contributed by atoms with van der Waals surface area (Å²) in [7, 11) is 0. The monoisotopic (exact) mass is 409 g/mol. The van der Waals surface area contributed by atoms with Gasteiger partial charge in [0.2, 0.25) is 5.91 Å². The van der Waals surface area contributed by atoms with Crippen molar-refractivity contribution in [3.8, 4) is 0 Å². The van der Waals surface area contributed by atoms with E-state index in [9.17, 15) is 13.6 Å². The van der Waals surface area contributed by atoms with E-state index >= 15 is 0 Å². The quantitative estimate of drug-likeness (QED) is 0.590. The molecule has 3 rings (SSSR count). The molecular formula is C17H13F2N3OS3. The van der Waals surface area contributed by atoms with Gasteiger partial charge in [-0.3, -0.25) is 4.79 Å². The van der Waals surface area contributed by atoms with Gasteiger partial charge in [-0.2, -0.15) is 0 Å². The first-order chi connectivity index (χ1) is 12.5. The number of amides is 1. The molecular weight excluding hydrogens is 396 g/mol. The van der Waals surface area contributed by atoms with Gasteiger partial charge in [-0.1, -0.05) is 59.1 Å². The van der Waals surface area contributed by atoms with Gasteiger partial charge >= 0.3 is 0 Å². The molecule has 0 radical (unpaired) electrons. The molecule has 1 amide bonds. The Morgan fingerprint density at radius 2 is 1.46 bits per heavy atom. The number of thioether (sulfide) groups is 2. The van der Waals surface area contributed by atoms with Crippen LogP contribution in [0.5, 0.6) is 0 Å². The van der Waals surface area contributed by atoms with Gasteiger partial charge in [-0.25, -0.2) is 8.78 Å². The molecule has 0 aliphatic heterocycles. The van der Waals surface area contributed by atoms with Crippen molar-refractivity contribution in [2.75, 3.05) is 5.75 Å². The zero-order valence-corrected chi connectivity index (χ0v) is 15.7. The summed E-state index contributed by atoms with van der Waals surface area (Å²) < 4.78 is 27.9. The van der Waals surface area contributed by atoms with Crippen molar-refractivity contribution < 1.29 is 13.6 Å². The molecule has 1 heterocycles. The normalized spacial score (nSPS) is 11.0. The van der Waals surface area contributed by atoms with E-state index in [0.717, 1.165) is 11.1 Å². The second kappa shape index (κ2) is 8.61. The summed E-state index contributed by atoms with van der Waals surface area (Å²) in [6.07, 6.45) is 0. The Morgan fingerprint density at radius 1 is 0.962 bits per heavy atom. The number of aromatic nitrogens is 2. The Balaban J connectivity index is 1.85. The molecule has 0 spiro atoms. The van der Waals surface area contributed by atoms with E-state index in [1.807, 2.05) is 0 Å². The molecule has 0 fully saturated rings. The fraction of sp³-hybridized carbons (Fsp3) is 0.118. The average Bonchev–Trinajstić information content (AvgIpc) is 3.07. The summed E-state index contributed by atoms with van der Waals surface area (Å²) in [5, 5.41) is 7.97. The molecule has 0 atom stereocenters. The number of nitrogens with two attached hydrogens (primary N) is 1. The van der Waals surface area contributed by atoms with Crippen LogP contribution in [-0.4, -0.2) is 21.9 Å². The minimum Gasteiger partial charge on any atom is -0.369 e. The summed E-state index contributed by atoms with van der Waals surface area (Å²) in [5.74, 6) is -0.927. The van der Waals surface area contributed by atoms with Gasteiger partial charge in [0.25, 0.3) is 0 Å². The van der Waals surface area contributed by atoms with Crippen LogP contribution >= 0.6 is 34.9 Å². The number of rotatable bonds is 7. The lowest BCUT2D eigenvalue weighted by Crippen LogP contribution is -2.12. The topological polar surface area (TPSA) is 68.9 Å². The van der Waals surface area contributed by atoms with Crippen molar-refractivity contribution in [3.63, 3.8) is 0 Å². The van der Waals surface area contributed by atoms with Crippen LogP contribution in [0.15, 0.2) is 57.2 Å². The third kappa shape index (κ3) is 5.03. The van der Waals surface area contributed by atoms with Crippen LogP contribution in [-0.2, 0) is 4.79 Å². The Labute approximate surface area is 161 Å². The van der Waals surface area contributed by atoms with Crippen molar-refractivity contribution in [2.24, 2.45) is 5.73 Å². The van der Waals surface area contributed by atoms with Gasteiger partial charge in [-0.15, -0.1) is 10.2 Å². The molecule has 0 bridgehead atoms. The fourth-order valence-electron chi connectivity index (χ4n) is 2.14. The zero-order chi connectivity index (χ0) is 18.5. The standard InChI is InChI=1S/C17H13F2N3OS3/c18-12-5-1-10(2-6-12)15(11-3-7-13(19)8-4-11)25-17-22-21-16(26-17)24-9-14(20)23/h1-8,15H,9H2,(H2,20,23). The molecule has 134 valence electrons. The predicted octanol–water partition coefficient (Wildman–Crippen LogP) is 4.28. The number of carbonyl (C=O) groups excluding carboxylic acids is 1. The lowest BCUT2D eigenvalue weighted by atomic mass is 10.0. The predicted molar refractivity (Wildman–Crippen MR) is 100 cm³/mol. The molecule has 0 aliphatic carbocycles. The minimum atomic E-state index is -0.421. The third-order valence-corrected chi connectivity index (χ3v) is 6.77. The highest BCUT2D eigenvalue weighted by atomic mass is 32.2. The second-order valence-electron chi connectivity index (χ2n) is 5.19. The highest BCUT2D eigenvalue weighted by molar-refractivity contribution is 8.03. The number of halogens is 2. The van der Waals surface area contributed by atoms with Crippen LogP contribution < -0.4 is 5.73 Å². The van der Waals surface area contributed by atoms with E-state index in [-0.39, 0.29) is 22.6 Å².